The van der Waals surface area contributed by atoms with Gasteiger partial charge in [-0.1, -0.05) is 13.0 Å². The topological polar surface area (TPSA) is 63.6 Å². The Balaban J connectivity index is 0.00000256. The van der Waals surface area contributed by atoms with Crippen LogP contribution in [0.5, 0.6) is 0 Å². The Morgan fingerprint density at radius 2 is 2.00 bits per heavy atom. The second-order valence-corrected chi connectivity index (χ2v) is 3.89. The average molecular weight is 264 g/mol. The van der Waals surface area contributed by atoms with E-state index in [-0.39, 0.29) is 40.7 Å². The van der Waals surface area contributed by atoms with E-state index in [1.54, 1.807) is 0 Å². The number of aromatic carboxylic acids is 1. The van der Waals surface area contributed by atoms with Crippen molar-refractivity contribution in [3.63, 3.8) is 0 Å². The van der Waals surface area contributed by atoms with Crippen molar-refractivity contribution in [1.29, 1.82) is 0 Å². The second kappa shape index (κ2) is 8.58. The van der Waals surface area contributed by atoms with Crippen molar-refractivity contribution >= 4 is 53.5 Å². The van der Waals surface area contributed by atoms with E-state index in [4.69, 9.17) is 9.29 Å². The molecule has 1 rings (SSSR count). The zero-order valence-electron chi connectivity index (χ0n) is 8.80. The minimum atomic E-state index is -1.06. The molecule has 4 nitrogen and oxygen atoms in total. The zero-order valence-corrected chi connectivity index (χ0v) is 9.62. The van der Waals surface area contributed by atoms with Crippen molar-refractivity contribution in [1.82, 2.24) is 0 Å². The summed E-state index contributed by atoms with van der Waals surface area (Å²) in [7, 11) is 0. The summed E-state index contributed by atoms with van der Waals surface area (Å²) in [6.07, 6.45) is 0.910. The number of benzene rings is 1. The van der Waals surface area contributed by atoms with Gasteiger partial charge in [-0.05, 0) is 24.6 Å². The van der Waals surface area contributed by atoms with Crippen molar-refractivity contribution in [2.75, 3.05) is 5.75 Å². The van der Waals surface area contributed by atoms with E-state index in [9.17, 15) is 9.59 Å². The molecule has 0 amide bonds. The Bertz CT molecular complexity index is 395. The van der Waals surface area contributed by atoms with Crippen LogP contribution in [0.4, 0.5) is 0 Å². The van der Waals surface area contributed by atoms with E-state index < -0.39 is 11.9 Å². The molecule has 0 unspecified atom stereocenters. The van der Waals surface area contributed by atoms with Crippen LogP contribution in [0.25, 0.3) is 0 Å². The van der Waals surface area contributed by atoms with Crippen molar-refractivity contribution in [2.45, 2.75) is 13.3 Å². The van der Waals surface area contributed by atoms with E-state index in [2.05, 4.69) is 0 Å². The number of carboxylic acids is 1. The monoisotopic (exact) mass is 264 g/mol. The van der Waals surface area contributed by atoms with Crippen LogP contribution < -0.4 is 0 Å². The van der Waals surface area contributed by atoms with Gasteiger partial charge in [0.1, 0.15) is 0 Å². The molecule has 0 radical (unpaired) electrons. The number of carbonyl (C=O) groups is 2. The first-order valence-corrected chi connectivity index (χ1v) is 5.73. The Kier molecular flexibility index (Phi) is 8.33. The standard InChI is InChI=1S/C11H12O4S.Na.H/c1-2-6-16-15-11(14)9-5-3-4-8(7-9)10(12)13;;/h3-5,7H,2,6H2,1H3,(H,12,13);;. The van der Waals surface area contributed by atoms with Gasteiger partial charge < -0.3 is 9.29 Å². The van der Waals surface area contributed by atoms with Crippen molar-refractivity contribution in [2.24, 2.45) is 0 Å². The van der Waals surface area contributed by atoms with Gasteiger partial charge in [0.05, 0.1) is 23.2 Å². The summed E-state index contributed by atoms with van der Waals surface area (Å²) in [6.45, 7) is 1.98. The van der Waals surface area contributed by atoms with Crippen LogP contribution in [-0.4, -0.2) is 52.4 Å². The van der Waals surface area contributed by atoms with E-state index >= 15 is 0 Å². The van der Waals surface area contributed by atoms with Gasteiger partial charge in [0.15, 0.2) is 0 Å². The molecule has 6 heteroatoms. The molecule has 0 saturated heterocycles. The van der Waals surface area contributed by atoms with Crippen molar-refractivity contribution in [3.8, 4) is 0 Å². The predicted octanol–water partition coefficient (Wildman–Crippen LogP) is 1.95. The fraction of sp³-hybridized carbons (Fsp3) is 0.273. The van der Waals surface area contributed by atoms with Crippen LogP contribution in [0.2, 0.25) is 0 Å². The summed E-state index contributed by atoms with van der Waals surface area (Å²) in [5.41, 5.74) is 0.332. The van der Waals surface area contributed by atoms with Gasteiger partial charge >= 0.3 is 41.5 Å². The van der Waals surface area contributed by atoms with Gasteiger partial charge in [0, 0.05) is 5.75 Å². The van der Waals surface area contributed by atoms with Crippen LogP contribution in [0.1, 0.15) is 34.1 Å². The summed E-state index contributed by atoms with van der Waals surface area (Å²) in [6, 6.07) is 5.78. The third-order valence-corrected chi connectivity index (χ3v) is 2.61. The second-order valence-electron chi connectivity index (χ2n) is 3.08. The molecule has 0 aliphatic rings. The number of hydrogen-bond acceptors (Lipinski definition) is 4. The number of carboxylic acid groups (broad SMARTS) is 1. The predicted molar refractivity (Wildman–Crippen MR) is 68.7 cm³/mol. The zero-order chi connectivity index (χ0) is 12.0. The maximum atomic E-state index is 11.5. The fourth-order valence-corrected chi connectivity index (χ4v) is 1.46. The number of carbonyl (C=O) groups excluding carboxylic acids is 1. The molecule has 0 spiro atoms. The molecular formula is C11H13NaO4S. The summed E-state index contributed by atoms with van der Waals surface area (Å²) < 4.78 is 4.89. The van der Waals surface area contributed by atoms with Crippen LogP contribution in [0.3, 0.4) is 0 Å². The van der Waals surface area contributed by atoms with Crippen molar-refractivity contribution < 1.29 is 18.9 Å². The molecule has 88 valence electrons. The molecule has 0 heterocycles. The molecule has 0 fully saturated rings. The van der Waals surface area contributed by atoms with Gasteiger partial charge in [0.2, 0.25) is 0 Å². The Morgan fingerprint density at radius 1 is 1.35 bits per heavy atom. The SMILES string of the molecule is CCCSOC(=O)c1cccc(C(=O)O)c1.[NaH]. The first-order valence-electron chi connectivity index (χ1n) is 4.82. The first kappa shape index (κ1) is 16.5. The molecule has 1 aromatic rings. The Labute approximate surface area is 126 Å². The number of hydrogen-bond donors (Lipinski definition) is 1. The van der Waals surface area contributed by atoms with Crippen LogP contribution in [0.15, 0.2) is 24.3 Å². The first-order chi connectivity index (χ1) is 7.65. The third-order valence-electron chi connectivity index (χ3n) is 1.77. The van der Waals surface area contributed by atoms with E-state index in [1.807, 2.05) is 6.92 Å². The van der Waals surface area contributed by atoms with Crippen LogP contribution in [-0.2, 0) is 4.18 Å². The summed E-state index contributed by atoms with van der Waals surface area (Å²) in [5, 5.41) is 8.75. The molecule has 1 N–H and O–H groups in total. The van der Waals surface area contributed by atoms with Gasteiger partial charge in [-0.3, -0.25) is 0 Å². The molecule has 0 aliphatic heterocycles. The maximum absolute atomic E-state index is 11.5. The Morgan fingerprint density at radius 3 is 2.59 bits per heavy atom. The Hall–Kier alpha value is -0.490. The molecule has 1 aromatic carbocycles. The quantitative estimate of drug-likeness (QED) is 0.500. The van der Waals surface area contributed by atoms with Gasteiger partial charge in [0.25, 0.3) is 0 Å². The summed E-state index contributed by atoms with van der Waals surface area (Å²) in [5.74, 6) is -0.845. The molecule has 0 saturated carbocycles. The normalized spacial score (nSPS) is 9.24. The van der Waals surface area contributed by atoms with E-state index in [1.165, 1.54) is 24.3 Å². The van der Waals surface area contributed by atoms with Crippen LogP contribution in [0, 0.1) is 0 Å². The third kappa shape index (κ3) is 5.59. The average Bonchev–Trinajstić information content (AvgIpc) is 2.29. The summed E-state index contributed by atoms with van der Waals surface area (Å²) in [4.78, 5) is 22.1. The molecule has 17 heavy (non-hydrogen) atoms. The minimum absolute atomic E-state index is 0. The van der Waals surface area contributed by atoms with E-state index in [0.29, 0.717) is 0 Å². The van der Waals surface area contributed by atoms with Crippen LogP contribution >= 0.6 is 12.0 Å². The molecule has 0 atom stereocenters. The van der Waals surface area contributed by atoms with Gasteiger partial charge in [-0.25, -0.2) is 9.59 Å². The molecule has 0 aliphatic carbocycles. The fourth-order valence-electron chi connectivity index (χ4n) is 1.01. The summed E-state index contributed by atoms with van der Waals surface area (Å²) >= 11 is 1.07. The number of rotatable bonds is 5. The molecular weight excluding hydrogens is 251 g/mol. The molecule has 0 bridgehead atoms. The molecule has 0 aromatic heterocycles. The van der Waals surface area contributed by atoms with Gasteiger partial charge in [-0.2, -0.15) is 0 Å². The van der Waals surface area contributed by atoms with Crippen molar-refractivity contribution in [3.05, 3.63) is 35.4 Å². The van der Waals surface area contributed by atoms with E-state index in [0.717, 1.165) is 24.2 Å². The van der Waals surface area contributed by atoms with Gasteiger partial charge in [-0.15, -0.1) is 0 Å².